The first-order valence-electron chi connectivity index (χ1n) is 6.28. The highest BCUT2D eigenvalue weighted by Gasteiger charge is 2.13. The molecule has 3 aromatic rings. The van der Waals surface area contributed by atoms with E-state index in [1.165, 1.54) is 6.20 Å². The molecule has 22 heavy (non-hydrogen) atoms. The van der Waals surface area contributed by atoms with Crippen molar-refractivity contribution in [3.8, 4) is 11.4 Å². The van der Waals surface area contributed by atoms with Gasteiger partial charge in [-0.1, -0.05) is 11.6 Å². The first-order valence-corrected chi connectivity index (χ1v) is 6.65. The largest absolute Gasteiger partial charge is 0.321 e. The van der Waals surface area contributed by atoms with Gasteiger partial charge in [-0.15, -0.1) is 10.2 Å². The number of rotatable bonds is 3. The first kappa shape index (κ1) is 14.1. The van der Waals surface area contributed by atoms with Crippen molar-refractivity contribution in [2.24, 2.45) is 0 Å². The van der Waals surface area contributed by atoms with Crippen LogP contribution < -0.4 is 5.32 Å². The lowest BCUT2D eigenvalue weighted by molar-refractivity contribution is 0.102. The van der Waals surface area contributed by atoms with Crippen molar-refractivity contribution in [2.45, 2.75) is 6.92 Å². The number of tetrazole rings is 1. The Balaban J connectivity index is 1.78. The summed E-state index contributed by atoms with van der Waals surface area (Å²) in [5.41, 5.74) is 1.52. The van der Waals surface area contributed by atoms with Gasteiger partial charge < -0.3 is 5.32 Å². The molecular formula is C13H10ClN7O. The monoisotopic (exact) mass is 315 g/mol. The number of nitrogens with one attached hydrogen (secondary N) is 2. The molecule has 9 heteroatoms. The number of halogens is 1. The number of hydrogen-bond donors (Lipinski definition) is 2. The number of aryl methyl sites for hydroxylation is 1. The molecule has 0 spiro atoms. The quantitative estimate of drug-likeness (QED) is 0.763. The number of H-pyrrole nitrogens is 1. The Hall–Kier alpha value is -2.87. The van der Waals surface area contributed by atoms with Crippen molar-refractivity contribution in [3.05, 3.63) is 47.0 Å². The zero-order chi connectivity index (χ0) is 15.5. The minimum absolute atomic E-state index is 0.136. The summed E-state index contributed by atoms with van der Waals surface area (Å²) in [5, 5.41) is 16.5. The molecule has 0 bridgehead atoms. The number of benzene rings is 1. The molecule has 1 amide bonds. The van der Waals surface area contributed by atoms with Gasteiger partial charge in [0, 0.05) is 11.3 Å². The molecule has 0 aliphatic heterocycles. The maximum atomic E-state index is 12.2. The molecule has 0 unspecified atom stereocenters. The fourth-order valence-corrected chi connectivity index (χ4v) is 1.97. The van der Waals surface area contributed by atoms with Gasteiger partial charge in [-0.2, -0.15) is 5.21 Å². The van der Waals surface area contributed by atoms with Crippen molar-refractivity contribution in [1.29, 1.82) is 0 Å². The molecule has 110 valence electrons. The molecule has 0 saturated heterocycles. The van der Waals surface area contributed by atoms with E-state index in [-0.39, 0.29) is 10.7 Å². The topological polar surface area (TPSA) is 109 Å². The summed E-state index contributed by atoms with van der Waals surface area (Å²) in [6, 6.07) is 7.00. The van der Waals surface area contributed by atoms with Crippen LogP contribution in [0.1, 0.15) is 16.3 Å². The average Bonchev–Trinajstić information content (AvgIpc) is 3.05. The molecule has 0 aliphatic carbocycles. The normalized spacial score (nSPS) is 10.5. The molecule has 2 N–H and O–H groups in total. The van der Waals surface area contributed by atoms with Gasteiger partial charge in [0.15, 0.2) is 5.69 Å². The third kappa shape index (κ3) is 2.91. The second kappa shape index (κ2) is 5.86. The zero-order valence-corrected chi connectivity index (χ0v) is 12.2. The van der Waals surface area contributed by atoms with E-state index in [1.807, 2.05) is 0 Å². The van der Waals surface area contributed by atoms with Gasteiger partial charge in [-0.3, -0.25) is 4.79 Å². The van der Waals surface area contributed by atoms with Crippen molar-refractivity contribution >= 4 is 23.2 Å². The fourth-order valence-electron chi connectivity index (χ4n) is 1.79. The third-order valence-electron chi connectivity index (χ3n) is 2.83. The minimum Gasteiger partial charge on any atom is -0.321 e. The molecule has 0 fully saturated rings. The minimum atomic E-state index is -0.400. The van der Waals surface area contributed by atoms with E-state index in [9.17, 15) is 4.79 Å². The van der Waals surface area contributed by atoms with E-state index in [2.05, 4.69) is 35.9 Å². The smallest absolute Gasteiger partial charge is 0.275 e. The summed E-state index contributed by atoms with van der Waals surface area (Å²) in [5.74, 6) is 0.553. The number of carbonyl (C=O) groups is 1. The molecule has 1 aromatic carbocycles. The van der Waals surface area contributed by atoms with E-state index in [1.54, 1.807) is 31.2 Å². The standard InChI is InChI=1S/C13H10ClN7O/c1-7-15-6-10(14)11(16-7)13(22)17-9-4-2-8(3-5-9)12-18-20-21-19-12/h2-6H,1H3,(H,17,22)(H,18,19,20,21). The molecule has 2 heterocycles. The molecule has 2 aromatic heterocycles. The summed E-state index contributed by atoms with van der Waals surface area (Å²) >= 11 is 5.94. The van der Waals surface area contributed by atoms with Gasteiger partial charge in [0.25, 0.3) is 5.91 Å². The van der Waals surface area contributed by atoms with Gasteiger partial charge in [0.2, 0.25) is 5.82 Å². The Bertz CT molecular complexity index is 802. The van der Waals surface area contributed by atoms with Crippen LogP contribution in [0.2, 0.25) is 5.02 Å². The van der Waals surface area contributed by atoms with Gasteiger partial charge in [0.05, 0.1) is 11.2 Å². The lowest BCUT2D eigenvalue weighted by Gasteiger charge is -2.06. The lowest BCUT2D eigenvalue weighted by atomic mass is 10.2. The summed E-state index contributed by atoms with van der Waals surface area (Å²) in [4.78, 5) is 20.1. The van der Waals surface area contributed by atoms with Gasteiger partial charge in [-0.05, 0) is 36.4 Å². The van der Waals surface area contributed by atoms with Crippen LogP contribution in [0.25, 0.3) is 11.4 Å². The van der Waals surface area contributed by atoms with Crippen molar-refractivity contribution in [3.63, 3.8) is 0 Å². The van der Waals surface area contributed by atoms with Crippen LogP contribution in [-0.2, 0) is 0 Å². The van der Waals surface area contributed by atoms with Crippen molar-refractivity contribution in [2.75, 3.05) is 5.32 Å². The van der Waals surface area contributed by atoms with E-state index in [4.69, 9.17) is 11.6 Å². The number of aromatic amines is 1. The second-order valence-electron chi connectivity index (χ2n) is 4.38. The van der Waals surface area contributed by atoms with Crippen molar-refractivity contribution in [1.82, 2.24) is 30.6 Å². The van der Waals surface area contributed by atoms with Gasteiger partial charge >= 0.3 is 0 Å². The zero-order valence-electron chi connectivity index (χ0n) is 11.4. The van der Waals surface area contributed by atoms with Crippen LogP contribution in [0, 0.1) is 6.92 Å². The third-order valence-corrected chi connectivity index (χ3v) is 3.10. The number of carbonyl (C=O) groups excluding carboxylic acids is 1. The van der Waals surface area contributed by atoms with Crippen LogP contribution in [0.5, 0.6) is 0 Å². The maximum Gasteiger partial charge on any atom is 0.275 e. The van der Waals surface area contributed by atoms with Crippen LogP contribution in [0.15, 0.2) is 30.5 Å². The molecule has 0 aliphatic rings. The molecule has 3 rings (SSSR count). The Morgan fingerprint density at radius 3 is 2.73 bits per heavy atom. The number of amides is 1. The fraction of sp³-hybridized carbons (Fsp3) is 0.0769. The Labute approximate surface area is 130 Å². The van der Waals surface area contributed by atoms with Crippen LogP contribution in [-0.4, -0.2) is 36.5 Å². The first-order chi connectivity index (χ1) is 10.6. The SMILES string of the molecule is Cc1ncc(Cl)c(C(=O)Nc2ccc(-c3nn[nH]n3)cc2)n1. The Morgan fingerprint density at radius 2 is 2.05 bits per heavy atom. The van der Waals surface area contributed by atoms with E-state index < -0.39 is 5.91 Å². The molecule has 0 saturated carbocycles. The number of hydrogen-bond acceptors (Lipinski definition) is 6. The summed E-state index contributed by atoms with van der Waals surface area (Å²) in [6.45, 7) is 1.69. The van der Waals surface area contributed by atoms with E-state index in [0.29, 0.717) is 17.3 Å². The van der Waals surface area contributed by atoms with Gasteiger partial charge in [0.1, 0.15) is 5.82 Å². The number of aromatic nitrogens is 6. The second-order valence-corrected chi connectivity index (χ2v) is 4.79. The van der Waals surface area contributed by atoms with E-state index in [0.717, 1.165) is 5.56 Å². The molecule has 8 nitrogen and oxygen atoms in total. The molecule has 0 atom stereocenters. The average molecular weight is 316 g/mol. The highest BCUT2D eigenvalue weighted by molar-refractivity contribution is 6.33. The summed E-state index contributed by atoms with van der Waals surface area (Å²) in [7, 11) is 0. The Kier molecular flexibility index (Phi) is 3.75. The molecule has 0 radical (unpaired) electrons. The van der Waals surface area contributed by atoms with E-state index >= 15 is 0 Å². The predicted molar refractivity (Wildman–Crippen MR) is 79.3 cm³/mol. The number of nitrogens with zero attached hydrogens (tertiary/aromatic N) is 5. The maximum absolute atomic E-state index is 12.2. The van der Waals surface area contributed by atoms with Crippen LogP contribution in [0.3, 0.4) is 0 Å². The van der Waals surface area contributed by atoms with Crippen LogP contribution >= 0.6 is 11.6 Å². The van der Waals surface area contributed by atoms with Gasteiger partial charge in [-0.25, -0.2) is 9.97 Å². The lowest BCUT2D eigenvalue weighted by Crippen LogP contribution is -2.15. The number of anilines is 1. The highest BCUT2D eigenvalue weighted by Crippen LogP contribution is 2.18. The highest BCUT2D eigenvalue weighted by atomic mass is 35.5. The summed E-state index contributed by atoms with van der Waals surface area (Å²) < 4.78 is 0. The molecular weight excluding hydrogens is 306 g/mol. The van der Waals surface area contributed by atoms with Crippen LogP contribution in [0.4, 0.5) is 5.69 Å². The Morgan fingerprint density at radius 1 is 1.27 bits per heavy atom. The predicted octanol–water partition coefficient (Wildman–Crippen LogP) is 1.87. The van der Waals surface area contributed by atoms with Crippen molar-refractivity contribution < 1.29 is 4.79 Å². The summed E-state index contributed by atoms with van der Waals surface area (Å²) in [6.07, 6.45) is 1.40.